The van der Waals surface area contributed by atoms with Crippen LogP contribution in [0.5, 0.6) is 0 Å². The predicted octanol–water partition coefficient (Wildman–Crippen LogP) is 1.80. The van der Waals surface area contributed by atoms with Crippen LogP contribution in [0.1, 0.15) is 10.4 Å². The molecule has 1 aromatic carbocycles. The zero-order valence-corrected chi connectivity index (χ0v) is 11.0. The van der Waals surface area contributed by atoms with E-state index in [0.717, 1.165) is 43.4 Å². The Morgan fingerprint density at radius 2 is 1.95 bits per heavy atom. The molecular formula is C15H17N3O. The van der Waals surface area contributed by atoms with Crippen molar-refractivity contribution in [2.24, 2.45) is 0 Å². The van der Waals surface area contributed by atoms with Crippen molar-refractivity contribution in [1.82, 2.24) is 9.88 Å². The molecule has 1 fully saturated rings. The van der Waals surface area contributed by atoms with Crippen LogP contribution in [0.25, 0.3) is 10.9 Å². The van der Waals surface area contributed by atoms with Gasteiger partial charge in [0.2, 0.25) is 0 Å². The topological polar surface area (TPSA) is 36.4 Å². The molecule has 1 saturated heterocycles. The summed E-state index contributed by atoms with van der Waals surface area (Å²) in [4.78, 5) is 20.0. The number of hydrogen-bond acceptors (Lipinski definition) is 4. The average molecular weight is 255 g/mol. The standard InChI is InChI=1S/C15H17N3O/c1-17-6-8-18(9-7-17)15-4-5-16-14-3-2-12(11-19)10-13(14)15/h2-5,10-11H,6-9H2,1H3. The molecule has 0 amide bonds. The molecule has 0 saturated carbocycles. The van der Waals surface area contributed by atoms with Gasteiger partial charge in [-0.2, -0.15) is 0 Å². The van der Waals surface area contributed by atoms with E-state index in [4.69, 9.17) is 0 Å². The van der Waals surface area contributed by atoms with Gasteiger partial charge in [0.15, 0.2) is 0 Å². The van der Waals surface area contributed by atoms with Crippen LogP contribution in [0.2, 0.25) is 0 Å². The molecule has 1 aliphatic heterocycles. The van der Waals surface area contributed by atoms with Crippen molar-refractivity contribution in [1.29, 1.82) is 0 Å². The second kappa shape index (κ2) is 4.97. The van der Waals surface area contributed by atoms with Gasteiger partial charge in [0, 0.05) is 49.0 Å². The number of aldehydes is 1. The van der Waals surface area contributed by atoms with E-state index >= 15 is 0 Å². The fourth-order valence-electron chi connectivity index (χ4n) is 2.55. The molecule has 0 bridgehead atoms. The maximum absolute atomic E-state index is 10.9. The van der Waals surface area contributed by atoms with Gasteiger partial charge in [-0.25, -0.2) is 0 Å². The highest BCUT2D eigenvalue weighted by Crippen LogP contribution is 2.26. The number of hydrogen-bond donors (Lipinski definition) is 0. The van der Waals surface area contributed by atoms with Crippen LogP contribution in [-0.4, -0.2) is 49.4 Å². The summed E-state index contributed by atoms with van der Waals surface area (Å²) >= 11 is 0. The van der Waals surface area contributed by atoms with Crippen LogP contribution >= 0.6 is 0 Å². The molecule has 0 atom stereocenters. The Morgan fingerprint density at radius 1 is 1.16 bits per heavy atom. The third kappa shape index (κ3) is 2.31. The monoisotopic (exact) mass is 255 g/mol. The molecule has 98 valence electrons. The summed E-state index contributed by atoms with van der Waals surface area (Å²) in [5.41, 5.74) is 2.83. The SMILES string of the molecule is CN1CCN(c2ccnc3ccc(C=O)cc23)CC1. The summed E-state index contributed by atoms with van der Waals surface area (Å²) in [7, 11) is 2.15. The highest BCUT2D eigenvalue weighted by molar-refractivity contribution is 5.95. The Morgan fingerprint density at radius 3 is 2.68 bits per heavy atom. The van der Waals surface area contributed by atoms with Crippen LogP contribution in [0, 0.1) is 0 Å². The zero-order chi connectivity index (χ0) is 13.2. The number of benzene rings is 1. The lowest BCUT2D eigenvalue weighted by Gasteiger charge is -2.34. The second-order valence-electron chi connectivity index (χ2n) is 5.01. The largest absolute Gasteiger partial charge is 0.368 e. The van der Waals surface area contributed by atoms with Gasteiger partial charge in [-0.3, -0.25) is 9.78 Å². The molecule has 0 aliphatic carbocycles. The normalized spacial score (nSPS) is 16.8. The van der Waals surface area contributed by atoms with E-state index in [1.807, 2.05) is 30.5 Å². The van der Waals surface area contributed by atoms with Gasteiger partial charge in [0.1, 0.15) is 6.29 Å². The Bertz CT molecular complexity index is 603. The van der Waals surface area contributed by atoms with E-state index in [0.29, 0.717) is 5.56 Å². The number of anilines is 1. The van der Waals surface area contributed by atoms with E-state index in [2.05, 4.69) is 21.8 Å². The van der Waals surface area contributed by atoms with Crippen LogP contribution in [0.3, 0.4) is 0 Å². The van der Waals surface area contributed by atoms with Crippen molar-refractivity contribution in [2.75, 3.05) is 38.1 Å². The van der Waals surface area contributed by atoms with Gasteiger partial charge >= 0.3 is 0 Å². The lowest BCUT2D eigenvalue weighted by atomic mass is 10.1. The lowest BCUT2D eigenvalue weighted by Crippen LogP contribution is -2.44. The Balaban J connectivity index is 2.04. The number of fused-ring (bicyclic) bond motifs is 1. The van der Waals surface area contributed by atoms with Gasteiger partial charge in [0.05, 0.1) is 5.52 Å². The number of aromatic nitrogens is 1. The summed E-state index contributed by atoms with van der Waals surface area (Å²) < 4.78 is 0. The van der Waals surface area contributed by atoms with Gasteiger partial charge < -0.3 is 9.80 Å². The number of nitrogens with zero attached hydrogens (tertiary/aromatic N) is 3. The van der Waals surface area contributed by atoms with E-state index in [1.54, 1.807) is 0 Å². The molecule has 0 unspecified atom stereocenters. The number of piperazine rings is 1. The van der Waals surface area contributed by atoms with Crippen LogP contribution < -0.4 is 4.90 Å². The van der Waals surface area contributed by atoms with Crippen molar-refractivity contribution >= 4 is 22.9 Å². The molecule has 2 aromatic rings. The number of carbonyl (C=O) groups is 1. The third-order valence-electron chi connectivity index (χ3n) is 3.72. The first-order valence-electron chi connectivity index (χ1n) is 6.55. The van der Waals surface area contributed by atoms with Gasteiger partial charge in [0.25, 0.3) is 0 Å². The highest BCUT2D eigenvalue weighted by atomic mass is 16.1. The first-order valence-corrected chi connectivity index (χ1v) is 6.55. The molecule has 0 N–H and O–H groups in total. The smallest absolute Gasteiger partial charge is 0.150 e. The maximum atomic E-state index is 10.9. The molecule has 0 spiro atoms. The summed E-state index contributed by atoms with van der Waals surface area (Å²) in [6.07, 6.45) is 2.73. The third-order valence-corrected chi connectivity index (χ3v) is 3.72. The quantitative estimate of drug-likeness (QED) is 0.767. The van der Waals surface area contributed by atoms with E-state index < -0.39 is 0 Å². The summed E-state index contributed by atoms with van der Waals surface area (Å²) in [6.45, 7) is 4.16. The highest BCUT2D eigenvalue weighted by Gasteiger charge is 2.16. The minimum absolute atomic E-state index is 0.705. The molecule has 19 heavy (non-hydrogen) atoms. The number of rotatable bonds is 2. The van der Waals surface area contributed by atoms with Gasteiger partial charge in [-0.1, -0.05) is 0 Å². The molecular weight excluding hydrogens is 238 g/mol. The fraction of sp³-hybridized carbons (Fsp3) is 0.333. The fourth-order valence-corrected chi connectivity index (χ4v) is 2.55. The summed E-state index contributed by atoms with van der Waals surface area (Å²) in [6, 6.07) is 7.71. The predicted molar refractivity (Wildman–Crippen MR) is 76.8 cm³/mol. The molecule has 4 nitrogen and oxygen atoms in total. The van der Waals surface area contributed by atoms with Crippen LogP contribution in [-0.2, 0) is 0 Å². The van der Waals surface area contributed by atoms with E-state index in [9.17, 15) is 4.79 Å². The van der Waals surface area contributed by atoms with Crippen LogP contribution in [0.4, 0.5) is 5.69 Å². The van der Waals surface area contributed by atoms with E-state index in [1.165, 1.54) is 5.69 Å². The molecule has 2 heterocycles. The number of pyridine rings is 1. The molecule has 1 aromatic heterocycles. The Kier molecular flexibility index (Phi) is 3.17. The lowest BCUT2D eigenvalue weighted by molar-refractivity contribution is 0.112. The minimum Gasteiger partial charge on any atom is -0.368 e. The summed E-state index contributed by atoms with van der Waals surface area (Å²) in [5, 5.41) is 1.07. The number of likely N-dealkylation sites (N-methyl/N-ethyl adjacent to an activating group) is 1. The summed E-state index contributed by atoms with van der Waals surface area (Å²) in [5.74, 6) is 0. The second-order valence-corrected chi connectivity index (χ2v) is 5.01. The Hall–Kier alpha value is -1.94. The molecule has 1 aliphatic rings. The van der Waals surface area contributed by atoms with Crippen molar-refractivity contribution in [3.05, 3.63) is 36.0 Å². The minimum atomic E-state index is 0.705. The molecule has 4 heteroatoms. The Labute approximate surface area is 112 Å². The first-order chi connectivity index (χ1) is 9.28. The van der Waals surface area contributed by atoms with Crippen molar-refractivity contribution < 1.29 is 4.79 Å². The van der Waals surface area contributed by atoms with Crippen molar-refractivity contribution in [2.45, 2.75) is 0 Å². The van der Waals surface area contributed by atoms with Crippen LogP contribution in [0.15, 0.2) is 30.5 Å². The first kappa shape index (κ1) is 12.1. The molecule has 3 rings (SSSR count). The zero-order valence-electron chi connectivity index (χ0n) is 11.0. The van der Waals surface area contributed by atoms with Crippen molar-refractivity contribution in [3.63, 3.8) is 0 Å². The van der Waals surface area contributed by atoms with E-state index in [-0.39, 0.29) is 0 Å². The molecule has 0 radical (unpaired) electrons. The van der Waals surface area contributed by atoms with Crippen molar-refractivity contribution in [3.8, 4) is 0 Å². The average Bonchev–Trinajstić information content (AvgIpc) is 2.47. The number of carbonyl (C=O) groups excluding carboxylic acids is 1. The maximum Gasteiger partial charge on any atom is 0.150 e. The van der Waals surface area contributed by atoms with Gasteiger partial charge in [-0.05, 0) is 31.3 Å². The van der Waals surface area contributed by atoms with Gasteiger partial charge in [-0.15, -0.1) is 0 Å².